The number of ether oxygens (including phenoxy) is 5. The number of benzene rings is 2. The van der Waals surface area contributed by atoms with Crippen molar-refractivity contribution in [2.45, 2.75) is 19.9 Å². The van der Waals surface area contributed by atoms with E-state index < -0.39 is 12.0 Å². The molecule has 1 aromatic heterocycles. The number of esters is 1. The third kappa shape index (κ3) is 4.84. The maximum absolute atomic E-state index is 13.8. The molecule has 1 aliphatic heterocycles. The minimum atomic E-state index is -0.761. The first-order valence-electron chi connectivity index (χ1n) is 11.5. The monoisotopic (exact) mass is 524 g/mol. The summed E-state index contributed by atoms with van der Waals surface area (Å²) in [6.45, 7) is 3.67. The van der Waals surface area contributed by atoms with Gasteiger partial charge >= 0.3 is 5.97 Å². The van der Waals surface area contributed by atoms with Gasteiger partial charge in [-0.3, -0.25) is 9.36 Å². The van der Waals surface area contributed by atoms with E-state index in [0.717, 1.165) is 5.56 Å². The number of hydrogen-bond donors (Lipinski definition) is 0. The third-order valence-corrected chi connectivity index (χ3v) is 6.93. The molecule has 194 valence electrons. The smallest absolute Gasteiger partial charge is 0.338 e. The van der Waals surface area contributed by atoms with Gasteiger partial charge in [-0.25, -0.2) is 9.79 Å². The SMILES string of the molecule is CCOC(=O)C1=C(C)N=c2s/c(=C/c3ccc(OC)c(OC)c3)c(=O)n2[C@@H]1c1ccc(OC)c(OC)c1. The van der Waals surface area contributed by atoms with Gasteiger partial charge in [-0.05, 0) is 55.3 Å². The Labute approximate surface area is 217 Å². The second-order valence-electron chi connectivity index (χ2n) is 8.03. The van der Waals surface area contributed by atoms with E-state index in [9.17, 15) is 9.59 Å². The summed E-state index contributed by atoms with van der Waals surface area (Å²) in [5.74, 6) is 1.62. The number of aromatic nitrogens is 1. The van der Waals surface area contributed by atoms with Gasteiger partial charge in [0, 0.05) is 0 Å². The fourth-order valence-corrected chi connectivity index (χ4v) is 5.27. The van der Waals surface area contributed by atoms with Crippen LogP contribution < -0.4 is 33.8 Å². The molecule has 2 heterocycles. The van der Waals surface area contributed by atoms with Crippen molar-refractivity contribution in [3.63, 3.8) is 0 Å². The fourth-order valence-electron chi connectivity index (χ4n) is 4.22. The van der Waals surface area contributed by atoms with E-state index >= 15 is 0 Å². The number of hydrogen-bond acceptors (Lipinski definition) is 9. The van der Waals surface area contributed by atoms with E-state index in [1.807, 2.05) is 6.07 Å². The lowest BCUT2D eigenvalue weighted by atomic mass is 9.95. The molecule has 2 aromatic carbocycles. The quantitative estimate of drug-likeness (QED) is 0.418. The summed E-state index contributed by atoms with van der Waals surface area (Å²) in [7, 11) is 6.19. The second kappa shape index (κ2) is 10.9. The normalized spacial score (nSPS) is 15.1. The minimum absolute atomic E-state index is 0.192. The summed E-state index contributed by atoms with van der Waals surface area (Å²) in [5, 5.41) is 0. The zero-order chi connectivity index (χ0) is 26.7. The Balaban J connectivity index is 1.95. The molecular formula is C27H28N2O7S. The molecule has 0 bridgehead atoms. The molecule has 9 nitrogen and oxygen atoms in total. The average Bonchev–Trinajstić information content (AvgIpc) is 3.21. The summed E-state index contributed by atoms with van der Waals surface area (Å²) in [4.78, 5) is 31.9. The van der Waals surface area contributed by atoms with Crippen LogP contribution in [0.1, 0.15) is 31.0 Å². The van der Waals surface area contributed by atoms with Gasteiger partial charge in [-0.1, -0.05) is 23.5 Å². The Bertz CT molecular complexity index is 1550. The zero-order valence-electron chi connectivity index (χ0n) is 21.5. The number of fused-ring (bicyclic) bond motifs is 1. The molecule has 0 saturated heterocycles. The molecule has 37 heavy (non-hydrogen) atoms. The lowest BCUT2D eigenvalue weighted by Gasteiger charge is -2.25. The van der Waals surface area contributed by atoms with Crippen LogP contribution in [0.2, 0.25) is 0 Å². The molecule has 0 saturated carbocycles. The van der Waals surface area contributed by atoms with E-state index in [0.29, 0.717) is 49.2 Å². The van der Waals surface area contributed by atoms with Crippen LogP contribution in [0, 0.1) is 0 Å². The maximum atomic E-state index is 13.8. The Morgan fingerprint density at radius 3 is 2.22 bits per heavy atom. The van der Waals surface area contributed by atoms with E-state index in [4.69, 9.17) is 23.7 Å². The van der Waals surface area contributed by atoms with Crippen LogP contribution in [0.25, 0.3) is 6.08 Å². The van der Waals surface area contributed by atoms with Crippen molar-refractivity contribution >= 4 is 23.4 Å². The number of carbonyl (C=O) groups is 1. The van der Waals surface area contributed by atoms with Crippen molar-refractivity contribution < 1.29 is 28.5 Å². The molecule has 0 radical (unpaired) electrons. The maximum Gasteiger partial charge on any atom is 0.338 e. The standard InChI is InChI=1S/C27H28N2O7S/c1-7-36-26(31)23-15(2)28-27-29(24(23)17-9-11-19(33-4)21(14-17)35-6)25(30)22(37-27)13-16-8-10-18(32-3)20(12-16)34-5/h8-14,24H,7H2,1-6H3/b22-13+/t24-/m1/s1. The Hall–Kier alpha value is -4.05. The molecule has 1 aliphatic rings. The van der Waals surface area contributed by atoms with E-state index in [1.54, 1.807) is 71.6 Å². The van der Waals surface area contributed by atoms with Crippen LogP contribution in [0.3, 0.4) is 0 Å². The molecule has 0 unspecified atom stereocenters. The summed E-state index contributed by atoms with van der Waals surface area (Å²) < 4.78 is 28.9. The molecule has 4 rings (SSSR count). The van der Waals surface area contributed by atoms with Crippen LogP contribution >= 0.6 is 11.3 Å². The van der Waals surface area contributed by atoms with Crippen molar-refractivity contribution in [2.24, 2.45) is 4.99 Å². The van der Waals surface area contributed by atoms with Gasteiger partial charge in [0.05, 0.1) is 56.9 Å². The highest BCUT2D eigenvalue weighted by atomic mass is 32.1. The van der Waals surface area contributed by atoms with Gasteiger partial charge in [-0.15, -0.1) is 0 Å². The van der Waals surface area contributed by atoms with Crippen LogP contribution in [0.5, 0.6) is 23.0 Å². The summed E-state index contributed by atoms with van der Waals surface area (Å²) in [6, 6.07) is 9.94. The summed E-state index contributed by atoms with van der Waals surface area (Å²) >= 11 is 1.24. The third-order valence-electron chi connectivity index (χ3n) is 5.95. The predicted molar refractivity (Wildman–Crippen MR) is 139 cm³/mol. The summed E-state index contributed by atoms with van der Waals surface area (Å²) in [6.07, 6.45) is 1.76. The van der Waals surface area contributed by atoms with Crippen LogP contribution in [0.15, 0.2) is 57.5 Å². The molecule has 10 heteroatoms. The van der Waals surface area contributed by atoms with E-state index in [2.05, 4.69) is 4.99 Å². The highest BCUT2D eigenvalue weighted by Gasteiger charge is 2.33. The first-order valence-corrected chi connectivity index (χ1v) is 12.3. The molecule has 0 amide bonds. The van der Waals surface area contributed by atoms with Crippen molar-refractivity contribution in [3.8, 4) is 23.0 Å². The van der Waals surface area contributed by atoms with Crippen molar-refractivity contribution in [2.75, 3.05) is 35.0 Å². The van der Waals surface area contributed by atoms with Crippen LogP contribution in [0.4, 0.5) is 0 Å². The van der Waals surface area contributed by atoms with Gasteiger partial charge in [0.15, 0.2) is 27.8 Å². The number of nitrogens with zero attached hydrogens (tertiary/aromatic N) is 2. The molecule has 0 fully saturated rings. The number of carbonyl (C=O) groups excluding carboxylic acids is 1. The van der Waals surface area contributed by atoms with Crippen molar-refractivity contribution in [1.29, 1.82) is 0 Å². The molecule has 1 atom stereocenters. The number of allylic oxidation sites excluding steroid dienone is 1. The predicted octanol–water partition coefficient (Wildman–Crippen LogP) is 2.83. The van der Waals surface area contributed by atoms with Crippen LogP contribution in [-0.4, -0.2) is 45.6 Å². The number of rotatable bonds is 8. The van der Waals surface area contributed by atoms with Gasteiger partial charge in [0.1, 0.15) is 0 Å². The first kappa shape index (κ1) is 26.0. The Morgan fingerprint density at radius 1 is 0.973 bits per heavy atom. The number of methoxy groups -OCH3 is 4. The largest absolute Gasteiger partial charge is 0.493 e. The van der Waals surface area contributed by atoms with Gasteiger partial charge in [0.2, 0.25) is 0 Å². The summed E-state index contributed by atoms with van der Waals surface area (Å²) in [5.41, 5.74) is 1.91. The molecule has 0 spiro atoms. The van der Waals surface area contributed by atoms with Crippen LogP contribution in [-0.2, 0) is 9.53 Å². The molecule has 0 aliphatic carbocycles. The lowest BCUT2D eigenvalue weighted by molar-refractivity contribution is -0.139. The van der Waals surface area contributed by atoms with Crippen molar-refractivity contribution in [3.05, 3.63) is 78.5 Å². The molecule has 0 N–H and O–H groups in total. The zero-order valence-corrected chi connectivity index (χ0v) is 22.3. The highest BCUT2D eigenvalue weighted by Crippen LogP contribution is 2.36. The Kier molecular flexibility index (Phi) is 7.68. The topological polar surface area (TPSA) is 97.6 Å². The number of thiazole rings is 1. The van der Waals surface area contributed by atoms with Gasteiger partial charge in [-0.2, -0.15) is 0 Å². The minimum Gasteiger partial charge on any atom is -0.493 e. The first-order chi connectivity index (χ1) is 17.9. The molecular weight excluding hydrogens is 496 g/mol. The Morgan fingerprint density at radius 2 is 1.59 bits per heavy atom. The highest BCUT2D eigenvalue weighted by molar-refractivity contribution is 7.07. The van der Waals surface area contributed by atoms with Gasteiger partial charge in [0.25, 0.3) is 5.56 Å². The molecule has 3 aromatic rings. The fraction of sp³-hybridized carbons (Fsp3) is 0.296. The second-order valence-corrected chi connectivity index (χ2v) is 9.04. The average molecular weight is 525 g/mol. The lowest BCUT2D eigenvalue weighted by Crippen LogP contribution is -2.39. The van der Waals surface area contributed by atoms with Gasteiger partial charge < -0.3 is 23.7 Å². The van der Waals surface area contributed by atoms with E-state index in [-0.39, 0.29) is 12.2 Å². The van der Waals surface area contributed by atoms with E-state index in [1.165, 1.54) is 23.0 Å². The van der Waals surface area contributed by atoms with Crippen molar-refractivity contribution in [1.82, 2.24) is 4.57 Å².